The molecule has 0 unspecified atom stereocenters. The number of hydrogen-bond donors (Lipinski definition) is 2. The van der Waals surface area contributed by atoms with Crippen LogP contribution in [-0.4, -0.2) is 17.4 Å². The van der Waals surface area contributed by atoms with Gasteiger partial charge in [0.05, 0.1) is 11.1 Å². The van der Waals surface area contributed by atoms with E-state index in [9.17, 15) is 4.79 Å². The fraction of sp³-hybridized carbons (Fsp3) is 0.125. The van der Waals surface area contributed by atoms with Gasteiger partial charge in [-0.25, -0.2) is 4.98 Å². The SMILES string of the molecule is Nc1cc(C(=O)NCCc2ccsc2)c2ccccc2n1. The third-order valence-corrected chi connectivity index (χ3v) is 3.99. The summed E-state index contributed by atoms with van der Waals surface area (Å²) in [6.07, 6.45) is 0.827. The van der Waals surface area contributed by atoms with Gasteiger partial charge in [-0.15, -0.1) is 0 Å². The third-order valence-electron chi connectivity index (χ3n) is 3.26. The molecule has 1 aromatic carbocycles. The summed E-state index contributed by atoms with van der Waals surface area (Å²) in [5.74, 6) is 0.243. The number of fused-ring (bicyclic) bond motifs is 1. The summed E-state index contributed by atoms with van der Waals surface area (Å²) in [6.45, 7) is 0.603. The molecule has 0 saturated carbocycles. The summed E-state index contributed by atoms with van der Waals surface area (Å²) in [5.41, 5.74) is 8.32. The second kappa shape index (κ2) is 5.93. The molecule has 0 aliphatic carbocycles. The topological polar surface area (TPSA) is 68.0 Å². The van der Waals surface area contributed by atoms with Crippen LogP contribution in [0.25, 0.3) is 10.9 Å². The number of aromatic nitrogens is 1. The largest absolute Gasteiger partial charge is 0.384 e. The van der Waals surface area contributed by atoms with Gasteiger partial charge in [-0.3, -0.25) is 4.79 Å². The number of carbonyl (C=O) groups is 1. The van der Waals surface area contributed by atoms with E-state index >= 15 is 0 Å². The van der Waals surface area contributed by atoms with Crippen molar-refractivity contribution in [1.29, 1.82) is 0 Å². The number of para-hydroxylation sites is 1. The van der Waals surface area contributed by atoms with Gasteiger partial charge in [-0.1, -0.05) is 18.2 Å². The summed E-state index contributed by atoms with van der Waals surface area (Å²) in [5, 5.41) is 7.88. The Bertz CT molecular complexity index is 768. The van der Waals surface area contributed by atoms with E-state index in [4.69, 9.17) is 5.73 Å². The standard InChI is InChI=1S/C16H15N3OS/c17-15-9-13(12-3-1-2-4-14(12)19-15)16(20)18-7-5-11-6-8-21-10-11/h1-4,6,8-10H,5,7H2,(H2,17,19)(H,18,20). The maximum atomic E-state index is 12.3. The molecule has 1 amide bonds. The number of thiophene rings is 1. The highest BCUT2D eigenvalue weighted by Gasteiger charge is 2.11. The summed E-state index contributed by atoms with van der Waals surface area (Å²) in [6, 6.07) is 11.2. The van der Waals surface area contributed by atoms with Crippen molar-refractivity contribution in [3.05, 3.63) is 58.3 Å². The van der Waals surface area contributed by atoms with Crippen LogP contribution in [-0.2, 0) is 6.42 Å². The predicted octanol–water partition coefficient (Wildman–Crippen LogP) is 2.85. The molecule has 106 valence electrons. The fourth-order valence-electron chi connectivity index (χ4n) is 2.23. The van der Waals surface area contributed by atoms with Crippen LogP contribution in [0.5, 0.6) is 0 Å². The predicted molar refractivity (Wildman–Crippen MR) is 86.5 cm³/mol. The van der Waals surface area contributed by atoms with Crippen LogP contribution in [0.15, 0.2) is 47.2 Å². The second-order valence-corrected chi connectivity index (χ2v) is 5.53. The molecule has 0 aliphatic heterocycles. The van der Waals surface area contributed by atoms with Gasteiger partial charge in [0.15, 0.2) is 0 Å². The number of nitrogens with one attached hydrogen (secondary N) is 1. The number of nitrogens with zero attached hydrogens (tertiary/aromatic N) is 1. The number of nitrogens with two attached hydrogens (primary N) is 1. The Balaban J connectivity index is 1.78. The van der Waals surface area contributed by atoms with Crippen molar-refractivity contribution in [1.82, 2.24) is 10.3 Å². The van der Waals surface area contributed by atoms with Crippen molar-refractivity contribution < 1.29 is 4.79 Å². The summed E-state index contributed by atoms with van der Waals surface area (Å²) < 4.78 is 0. The van der Waals surface area contributed by atoms with Crippen LogP contribution >= 0.6 is 11.3 Å². The summed E-state index contributed by atoms with van der Waals surface area (Å²) in [7, 11) is 0. The Hall–Kier alpha value is -2.40. The molecular weight excluding hydrogens is 282 g/mol. The van der Waals surface area contributed by atoms with Crippen LogP contribution in [0.2, 0.25) is 0 Å². The molecule has 5 heteroatoms. The number of rotatable bonds is 4. The van der Waals surface area contributed by atoms with Gasteiger partial charge < -0.3 is 11.1 Å². The smallest absolute Gasteiger partial charge is 0.252 e. The highest BCUT2D eigenvalue weighted by atomic mass is 32.1. The Morgan fingerprint density at radius 3 is 2.95 bits per heavy atom. The van der Waals surface area contributed by atoms with Crippen molar-refractivity contribution in [2.75, 3.05) is 12.3 Å². The molecule has 3 aromatic rings. The van der Waals surface area contributed by atoms with Crippen molar-refractivity contribution in [3.63, 3.8) is 0 Å². The molecule has 0 fully saturated rings. The number of pyridine rings is 1. The molecule has 0 saturated heterocycles. The molecular formula is C16H15N3OS. The van der Waals surface area contributed by atoms with Crippen LogP contribution in [0.4, 0.5) is 5.82 Å². The molecule has 0 bridgehead atoms. The van der Waals surface area contributed by atoms with Gasteiger partial charge in [0.2, 0.25) is 0 Å². The highest BCUT2D eigenvalue weighted by molar-refractivity contribution is 7.07. The molecule has 3 N–H and O–H groups in total. The van der Waals surface area contributed by atoms with Gasteiger partial charge in [-0.05, 0) is 40.9 Å². The maximum Gasteiger partial charge on any atom is 0.252 e. The van der Waals surface area contributed by atoms with Crippen LogP contribution in [0.3, 0.4) is 0 Å². The zero-order valence-corrected chi connectivity index (χ0v) is 12.2. The van der Waals surface area contributed by atoms with Crippen LogP contribution in [0, 0.1) is 0 Å². The normalized spacial score (nSPS) is 10.7. The molecule has 2 heterocycles. The van der Waals surface area contributed by atoms with Gasteiger partial charge in [0, 0.05) is 11.9 Å². The van der Waals surface area contributed by atoms with E-state index in [1.165, 1.54) is 5.56 Å². The van der Waals surface area contributed by atoms with Crippen molar-refractivity contribution >= 4 is 34.0 Å². The Morgan fingerprint density at radius 2 is 2.14 bits per heavy atom. The van der Waals surface area contributed by atoms with Crippen molar-refractivity contribution in [2.45, 2.75) is 6.42 Å². The third kappa shape index (κ3) is 3.03. The average molecular weight is 297 g/mol. The van der Waals surface area contributed by atoms with Gasteiger partial charge in [-0.2, -0.15) is 11.3 Å². The number of amides is 1. The highest BCUT2D eigenvalue weighted by Crippen LogP contribution is 2.19. The van der Waals surface area contributed by atoms with Crippen molar-refractivity contribution in [2.24, 2.45) is 0 Å². The Labute approximate surface area is 126 Å². The second-order valence-electron chi connectivity index (χ2n) is 4.75. The minimum absolute atomic E-state index is 0.115. The summed E-state index contributed by atoms with van der Waals surface area (Å²) >= 11 is 1.66. The van der Waals surface area contributed by atoms with E-state index in [2.05, 4.69) is 21.7 Å². The molecule has 0 radical (unpaired) electrons. The lowest BCUT2D eigenvalue weighted by atomic mass is 10.1. The quantitative estimate of drug-likeness (QED) is 0.778. The van der Waals surface area contributed by atoms with E-state index in [-0.39, 0.29) is 5.91 Å². The number of hydrogen-bond acceptors (Lipinski definition) is 4. The monoisotopic (exact) mass is 297 g/mol. The van der Waals surface area contributed by atoms with E-state index in [1.54, 1.807) is 17.4 Å². The number of anilines is 1. The molecule has 0 atom stereocenters. The Kier molecular flexibility index (Phi) is 3.83. The lowest BCUT2D eigenvalue weighted by Gasteiger charge is -2.08. The van der Waals surface area contributed by atoms with E-state index in [0.29, 0.717) is 17.9 Å². The first-order valence-corrected chi connectivity index (χ1v) is 7.63. The van der Waals surface area contributed by atoms with E-state index in [1.807, 2.05) is 29.6 Å². The van der Waals surface area contributed by atoms with E-state index in [0.717, 1.165) is 17.3 Å². The van der Waals surface area contributed by atoms with Gasteiger partial charge in [0.1, 0.15) is 5.82 Å². The first-order valence-electron chi connectivity index (χ1n) is 6.68. The number of nitrogen functional groups attached to an aromatic ring is 1. The first-order chi connectivity index (χ1) is 10.2. The molecule has 21 heavy (non-hydrogen) atoms. The van der Waals surface area contributed by atoms with Gasteiger partial charge in [0.25, 0.3) is 5.91 Å². The minimum atomic E-state index is -0.115. The van der Waals surface area contributed by atoms with Gasteiger partial charge >= 0.3 is 0 Å². The minimum Gasteiger partial charge on any atom is -0.384 e. The van der Waals surface area contributed by atoms with E-state index < -0.39 is 0 Å². The fourth-order valence-corrected chi connectivity index (χ4v) is 2.94. The molecule has 4 nitrogen and oxygen atoms in total. The number of carbonyl (C=O) groups excluding carboxylic acids is 1. The lowest BCUT2D eigenvalue weighted by molar-refractivity contribution is 0.0956. The zero-order chi connectivity index (χ0) is 14.7. The average Bonchev–Trinajstić information content (AvgIpc) is 2.99. The molecule has 0 aliphatic rings. The van der Waals surface area contributed by atoms with Crippen LogP contribution < -0.4 is 11.1 Å². The molecule has 2 aromatic heterocycles. The lowest BCUT2D eigenvalue weighted by Crippen LogP contribution is -2.26. The molecule has 3 rings (SSSR count). The molecule has 0 spiro atoms. The first kappa shape index (κ1) is 13.6. The van der Waals surface area contributed by atoms with Crippen molar-refractivity contribution in [3.8, 4) is 0 Å². The summed E-state index contributed by atoms with van der Waals surface area (Å²) in [4.78, 5) is 16.6. The Morgan fingerprint density at radius 1 is 1.29 bits per heavy atom. The maximum absolute atomic E-state index is 12.3. The number of benzene rings is 1. The zero-order valence-electron chi connectivity index (χ0n) is 11.4. The van der Waals surface area contributed by atoms with Crippen LogP contribution in [0.1, 0.15) is 15.9 Å².